The van der Waals surface area contributed by atoms with Crippen LogP contribution >= 0.6 is 11.3 Å². The molecule has 1 aromatic heterocycles. The van der Waals surface area contributed by atoms with Crippen LogP contribution in [-0.2, 0) is 11.2 Å². The van der Waals surface area contributed by atoms with Gasteiger partial charge in [0.15, 0.2) is 0 Å². The number of morpholine rings is 1. The highest BCUT2D eigenvalue weighted by atomic mass is 32.1. The van der Waals surface area contributed by atoms with Gasteiger partial charge in [0.25, 0.3) is 0 Å². The predicted octanol–water partition coefficient (Wildman–Crippen LogP) is 1.38. The van der Waals surface area contributed by atoms with Crippen LogP contribution in [0.15, 0.2) is 11.7 Å². The zero-order valence-electron chi connectivity index (χ0n) is 11.3. The lowest BCUT2D eigenvalue weighted by Crippen LogP contribution is -2.52. The lowest BCUT2D eigenvalue weighted by Gasteiger charge is -2.36. The van der Waals surface area contributed by atoms with Crippen molar-refractivity contribution in [1.29, 1.82) is 0 Å². The Kier molecular flexibility index (Phi) is 5.56. The van der Waals surface area contributed by atoms with Gasteiger partial charge in [-0.3, -0.25) is 9.88 Å². The predicted molar refractivity (Wildman–Crippen MR) is 75.1 cm³/mol. The van der Waals surface area contributed by atoms with Crippen molar-refractivity contribution >= 4 is 11.3 Å². The minimum atomic E-state index is 0.292. The largest absolute Gasteiger partial charge is 0.374 e. The van der Waals surface area contributed by atoms with Crippen LogP contribution in [0.1, 0.15) is 18.7 Å². The first-order chi connectivity index (χ1) is 8.83. The highest BCUT2D eigenvalue weighted by molar-refractivity contribution is 7.09. The Labute approximate surface area is 113 Å². The standard InChI is InChI=1S/C13H23N3OS/c1-3-15-12(7-11-8-14-10-18-11)13-9-16(4-2)5-6-17-13/h8,10,12-13,15H,3-7,9H2,1-2H3. The molecule has 1 fully saturated rings. The van der Waals surface area contributed by atoms with Crippen LogP contribution in [0.2, 0.25) is 0 Å². The SMILES string of the molecule is CCNC(Cc1cncs1)C1CN(CC)CCO1. The maximum Gasteiger partial charge on any atom is 0.0858 e. The van der Waals surface area contributed by atoms with Crippen molar-refractivity contribution in [3.63, 3.8) is 0 Å². The number of likely N-dealkylation sites (N-methyl/N-ethyl adjacent to an activating group) is 2. The summed E-state index contributed by atoms with van der Waals surface area (Å²) in [5.74, 6) is 0. The van der Waals surface area contributed by atoms with Crippen LogP contribution in [0, 0.1) is 0 Å². The number of ether oxygens (including phenoxy) is 1. The van der Waals surface area contributed by atoms with E-state index >= 15 is 0 Å². The fourth-order valence-electron chi connectivity index (χ4n) is 2.42. The molecule has 0 amide bonds. The van der Waals surface area contributed by atoms with Crippen molar-refractivity contribution in [3.05, 3.63) is 16.6 Å². The maximum atomic E-state index is 5.95. The zero-order valence-corrected chi connectivity index (χ0v) is 12.1. The monoisotopic (exact) mass is 269 g/mol. The number of aromatic nitrogens is 1. The molecule has 1 aliphatic rings. The van der Waals surface area contributed by atoms with Gasteiger partial charge in [0.05, 0.1) is 18.2 Å². The highest BCUT2D eigenvalue weighted by Crippen LogP contribution is 2.15. The van der Waals surface area contributed by atoms with Crippen LogP contribution in [0.25, 0.3) is 0 Å². The van der Waals surface area contributed by atoms with Gasteiger partial charge in [0.2, 0.25) is 0 Å². The summed E-state index contributed by atoms with van der Waals surface area (Å²) < 4.78 is 5.95. The van der Waals surface area contributed by atoms with Crippen molar-refractivity contribution in [2.45, 2.75) is 32.4 Å². The van der Waals surface area contributed by atoms with Gasteiger partial charge in [-0.05, 0) is 13.1 Å². The fourth-order valence-corrected chi connectivity index (χ4v) is 3.07. The summed E-state index contributed by atoms with van der Waals surface area (Å²) in [5, 5.41) is 3.56. The molecule has 18 heavy (non-hydrogen) atoms. The third-order valence-corrected chi connectivity index (χ3v) is 4.25. The number of nitrogens with zero attached hydrogens (tertiary/aromatic N) is 2. The molecule has 102 valence electrons. The molecular formula is C13H23N3OS. The molecule has 0 spiro atoms. The molecule has 1 N–H and O–H groups in total. The van der Waals surface area contributed by atoms with E-state index in [1.807, 2.05) is 11.7 Å². The van der Waals surface area contributed by atoms with E-state index in [1.54, 1.807) is 11.3 Å². The van der Waals surface area contributed by atoms with Gasteiger partial charge in [0.1, 0.15) is 0 Å². The van der Waals surface area contributed by atoms with E-state index in [2.05, 4.69) is 29.0 Å². The Morgan fingerprint density at radius 1 is 1.61 bits per heavy atom. The van der Waals surface area contributed by atoms with Crippen molar-refractivity contribution in [2.24, 2.45) is 0 Å². The molecule has 1 aliphatic heterocycles. The number of nitrogens with one attached hydrogen (secondary N) is 1. The third kappa shape index (κ3) is 3.75. The Morgan fingerprint density at radius 2 is 2.50 bits per heavy atom. The van der Waals surface area contributed by atoms with Crippen LogP contribution in [0.4, 0.5) is 0 Å². The molecule has 1 saturated heterocycles. The molecule has 4 nitrogen and oxygen atoms in total. The number of rotatable bonds is 6. The summed E-state index contributed by atoms with van der Waals surface area (Å²) in [6.45, 7) is 9.41. The highest BCUT2D eigenvalue weighted by Gasteiger charge is 2.27. The van der Waals surface area contributed by atoms with E-state index in [0.29, 0.717) is 12.1 Å². The molecular weight excluding hydrogens is 246 g/mol. The van der Waals surface area contributed by atoms with Crippen LogP contribution in [-0.4, -0.2) is 54.8 Å². The molecule has 2 heterocycles. The van der Waals surface area contributed by atoms with Gasteiger partial charge in [-0.1, -0.05) is 13.8 Å². The fraction of sp³-hybridized carbons (Fsp3) is 0.769. The second kappa shape index (κ2) is 7.19. The molecule has 2 atom stereocenters. The van der Waals surface area contributed by atoms with Crippen molar-refractivity contribution in [2.75, 3.05) is 32.8 Å². The van der Waals surface area contributed by atoms with Gasteiger partial charge in [-0.25, -0.2) is 0 Å². The summed E-state index contributed by atoms with van der Waals surface area (Å²) in [4.78, 5) is 7.95. The van der Waals surface area contributed by atoms with E-state index in [0.717, 1.165) is 39.2 Å². The first-order valence-electron chi connectivity index (χ1n) is 6.78. The molecule has 0 saturated carbocycles. The molecule has 2 unspecified atom stereocenters. The number of hydrogen-bond acceptors (Lipinski definition) is 5. The number of hydrogen-bond donors (Lipinski definition) is 1. The van der Waals surface area contributed by atoms with Gasteiger partial charge in [-0.2, -0.15) is 0 Å². The van der Waals surface area contributed by atoms with Gasteiger partial charge >= 0.3 is 0 Å². The zero-order chi connectivity index (χ0) is 12.8. The van der Waals surface area contributed by atoms with E-state index in [9.17, 15) is 0 Å². The smallest absolute Gasteiger partial charge is 0.0858 e. The second-order valence-electron chi connectivity index (χ2n) is 4.64. The minimum absolute atomic E-state index is 0.292. The second-order valence-corrected chi connectivity index (χ2v) is 5.61. The molecule has 0 bridgehead atoms. The molecule has 5 heteroatoms. The Balaban J connectivity index is 1.95. The molecule has 0 aromatic carbocycles. The van der Waals surface area contributed by atoms with Gasteiger partial charge in [0, 0.05) is 36.6 Å². The maximum absolute atomic E-state index is 5.95. The first-order valence-corrected chi connectivity index (χ1v) is 7.66. The van der Waals surface area contributed by atoms with Gasteiger partial charge in [-0.15, -0.1) is 11.3 Å². The van der Waals surface area contributed by atoms with Crippen LogP contribution in [0.5, 0.6) is 0 Å². The number of thiazole rings is 1. The van der Waals surface area contributed by atoms with Crippen LogP contribution < -0.4 is 5.32 Å². The van der Waals surface area contributed by atoms with E-state index in [-0.39, 0.29) is 0 Å². The Hall–Kier alpha value is -0.490. The molecule has 0 radical (unpaired) electrons. The average Bonchev–Trinajstić information content (AvgIpc) is 2.91. The van der Waals surface area contributed by atoms with Gasteiger partial charge < -0.3 is 10.1 Å². The summed E-state index contributed by atoms with van der Waals surface area (Å²) in [6, 6.07) is 0.393. The quantitative estimate of drug-likeness (QED) is 0.847. The molecule has 1 aromatic rings. The lowest BCUT2D eigenvalue weighted by atomic mass is 10.0. The lowest BCUT2D eigenvalue weighted by molar-refractivity contribution is -0.0444. The van der Waals surface area contributed by atoms with Crippen LogP contribution in [0.3, 0.4) is 0 Å². The topological polar surface area (TPSA) is 37.4 Å². The molecule has 2 rings (SSSR count). The summed E-state index contributed by atoms with van der Waals surface area (Å²) in [5.41, 5.74) is 1.90. The van der Waals surface area contributed by atoms with E-state index < -0.39 is 0 Å². The first kappa shape index (κ1) is 13.9. The van der Waals surface area contributed by atoms with Crippen molar-refractivity contribution in [3.8, 4) is 0 Å². The van der Waals surface area contributed by atoms with E-state index in [1.165, 1.54) is 4.88 Å². The average molecular weight is 269 g/mol. The Bertz CT molecular complexity index is 331. The van der Waals surface area contributed by atoms with Crippen molar-refractivity contribution in [1.82, 2.24) is 15.2 Å². The van der Waals surface area contributed by atoms with E-state index in [4.69, 9.17) is 4.74 Å². The summed E-state index contributed by atoms with van der Waals surface area (Å²) in [7, 11) is 0. The third-order valence-electron chi connectivity index (χ3n) is 3.44. The summed E-state index contributed by atoms with van der Waals surface area (Å²) >= 11 is 1.73. The minimum Gasteiger partial charge on any atom is -0.374 e. The van der Waals surface area contributed by atoms with Crippen molar-refractivity contribution < 1.29 is 4.74 Å². The molecule has 0 aliphatic carbocycles. The normalized spacial score (nSPS) is 23.1. The Morgan fingerprint density at radius 3 is 3.17 bits per heavy atom. The summed E-state index contributed by atoms with van der Waals surface area (Å²) in [6.07, 6.45) is 3.27.